The van der Waals surface area contributed by atoms with Crippen LogP contribution < -0.4 is 0 Å². The second-order valence-electron chi connectivity index (χ2n) is 8.42. The fourth-order valence-electron chi connectivity index (χ4n) is 4.18. The Balaban J connectivity index is 1.32. The number of fused-ring (bicyclic) bond motifs is 1. The lowest BCUT2D eigenvalue weighted by Gasteiger charge is -2.28. The van der Waals surface area contributed by atoms with Crippen molar-refractivity contribution < 1.29 is 4.79 Å². The summed E-state index contributed by atoms with van der Waals surface area (Å²) >= 11 is 1.43. The van der Waals surface area contributed by atoms with Crippen LogP contribution in [-0.2, 0) is 31.9 Å². The van der Waals surface area contributed by atoms with E-state index >= 15 is 0 Å². The third-order valence-corrected chi connectivity index (χ3v) is 7.04. The molecule has 1 aliphatic heterocycles. The number of rotatable bonds is 5. The molecule has 0 radical (unpaired) electrons. The molecule has 168 valence electrons. The van der Waals surface area contributed by atoms with Crippen molar-refractivity contribution in [1.29, 1.82) is 0 Å². The molecule has 0 aliphatic carbocycles. The Labute approximate surface area is 197 Å². The maximum Gasteiger partial charge on any atom is 0.233 e. The smallest absolute Gasteiger partial charge is 0.233 e. The molecule has 0 N–H and O–H groups in total. The van der Waals surface area contributed by atoms with E-state index in [1.807, 2.05) is 35.8 Å². The number of nitrogens with zero attached hydrogens (tertiary/aromatic N) is 6. The van der Waals surface area contributed by atoms with Crippen LogP contribution in [0.2, 0.25) is 0 Å². The number of benzene rings is 2. The molecule has 1 aliphatic rings. The Hall–Kier alpha value is -3.39. The van der Waals surface area contributed by atoms with Gasteiger partial charge in [0.25, 0.3) is 0 Å². The maximum atomic E-state index is 12.9. The summed E-state index contributed by atoms with van der Waals surface area (Å²) in [5.41, 5.74) is 6.61. The van der Waals surface area contributed by atoms with Gasteiger partial charge in [0.2, 0.25) is 5.91 Å². The molecule has 0 saturated heterocycles. The van der Waals surface area contributed by atoms with Gasteiger partial charge in [-0.2, -0.15) is 5.10 Å². The quantitative estimate of drug-likeness (QED) is 0.425. The minimum Gasteiger partial charge on any atom is -0.337 e. The molecule has 0 bridgehead atoms. The molecule has 7 nitrogen and oxygen atoms in total. The molecule has 0 spiro atoms. The van der Waals surface area contributed by atoms with E-state index < -0.39 is 0 Å². The molecular weight excluding hydrogens is 432 g/mol. The second-order valence-corrected chi connectivity index (χ2v) is 9.36. The third kappa shape index (κ3) is 4.30. The number of aromatic nitrogens is 5. The van der Waals surface area contributed by atoms with Crippen molar-refractivity contribution in [3.8, 4) is 22.6 Å². The van der Waals surface area contributed by atoms with Crippen LogP contribution in [0.3, 0.4) is 0 Å². The first-order valence-corrected chi connectivity index (χ1v) is 12.0. The lowest BCUT2D eigenvalue weighted by atomic mass is 10.00. The molecule has 2 aromatic carbocycles. The standard InChI is InChI=1S/C25H26N6OS/c1-17-8-10-19(11-9-17)23-21(15-29(2)28-23)24-26-27-25(30(24)3)33-16-22(32)31-13-12-18-6-4-5-7-20(18)14-31/h4-11,15H,12-14,16H2,1-3H3. The Morgan fingerprint density at radius 3 is 2.58 bits per heavy atom. The minimum absolute atomic E-state index is 0.126. The number of thioether (sulfide) groups is 1. The van der Waals surface area contributed by atoms with E-state index in [0.717, 1.165) is 40.8 Å². The van der Waals surface area contributed by atoms with Crippen LogP contribution in [0.1, 0.15) is 16.7 Å². The predicted molar refractivity (Wildman–Crippen MR) is 130 cm³/mol. The largest absolute Gasteiger partial charge is 0.337 e. The third-order valence-electron chi connectivity index (χ3n) is 6.04. The van der Waals surface area contributed by atoms with Crippen LogP contribution in [-0.4, -0.2) is 47.6 Å². The van der Waals surface area contributed by atoms with E-state index in [4.69, 9.17) is 0 Å². The van der Waals surface area contributed by atoms with Gasteiger partial charge in [0, 0.05) is 38.9 Å². The molecule has 33 heavy (non-hydrogen) atoms. The lowest BCUT2D eigenvalue weighted by Crippen LogP contribution is -2.37. The Bertz CT molecular complexity index is 1310. The highest BCUT2D eigenvalue weighted by molar-refractivity contribution is 7.99. The topological polar surface area (TPSA) is 68.8 Å². The average Bonchev–Trinajstić information content (AvgIpc) is 3.39. The first kappa shape index (κ1) is 21.5. The molecular formula is C25H26N6OS. The molecule has 4 aromatic rings. The van der Waals surface area contributed by atoms with E-state index in [2.05, 4.69) is 64.7 Å². The van der Waals surface area contributed by atoms with E-state index in [1.54, 1.807) is 4.68 Å². The zero-order valence-corrected chi connectivity index (χ0v) is 19.8. The van der Waals surface area contributed by atoms with Crippen LogP contribution in [0.25, 0.3) is 22.6 Å². The number of carbonyl (C=O) groups excluding carboxylic acids is 1. The van der Waals surface area contributed by atoms with Gasteiger partial charge in [-0.3, -0.25) is 9.48 Å². The summed E-state index contributed by atoms with van der Waals surface area (Å²) in [5.74, 6) is 1.20. The lowest BCUT2D eigenvalue weighted by molar-refractivity contribution is -0.129. The molecule has 5 rings (SSSR count). The highest BCUT2D eigenvalue weighted by Gasteiger charge is 2.23. The van der Waals surface area contributed by atoms with Crippen molar-refractivity contribution in [3.63, 3.8) is 0 Å². The molecule has 8 heteroatoms. The first-order valence-electron chi connectivity index (χ1n) is 11.0. The average molecular weight is 459 g/mol. The van der Waals surface area contributed by atoms with Crippen molar-refractivity contribution in [2.24, 2.45) is 14.1 Å². The molecule has 3 heterocycles. The molecule has 0 fully saturated rings. The van der Waals surface area contributed by atoms with Gasteiger partial charge in [-0.25, -0.2) is 0 Å². The molecule has 0 saturated carbocycles. The van der Waals surface area contributed by atoms with Crippen molar-refractivity contribution in [3.05, 3.63) is 71.4 Å². The highest BCUT2D eigenvalue weighted by atomic mass is 32.2. The van der Waals surface area contributed by atoms with Gasteiger partial charge in [-0.1, -0.05) is 65.9 Å². The fourth-order valence-corrected chi connectivity index (χ4v) is 4.99. The van der Waals surface area contributed by atoms with E-state index in [-0.39, 0.29) is 5.91 Å². The first-order chi connectivity index (χ1) is 16.0. The normalized spacial score (nSPS) is 13.2. The summed E-state index contributed by atoms with van der Waals surface area (Å²) in [6, 6.07) is 16.7. The molecule has 2 aromatic heterocycles. The van der Waals surface area contributed by atoms with Crippen molar-refractivity contribution in [2.45, 2.75) is 25.0 Å². The Morgan fingerprint density at radius 2 is 1.79 bits per heavy atom. The van der Waals surface area contributed by atoms with Crippen LogP contribution in [0.15, 0.2) is 59.9 Å². The van der Waals surface area contributed by atoms with E-state index in [1.165, 1.54) is 28.5 Å². The number of carbonyl (C=O) groups is 1. The van der Waals surface area contributed by atoms with Gasteiger partial charge in [0.15, 0.2) is 11.0 Å². The van der Waals surface area contributed by atoms with Crippen LogP contribution in [0.4, 0.5) is 0 Å². The van der Waals surface area contributed by atoms with Gasteiger partial charge in [0.1, 0.15) is 5.69 Å². The van der Waals surface area contributed by atoms with Gasteiger partial charge in [-0.15, -0.1) is 10.2 Å². The predicted octanol–water partition coefficient (Wildman–Crippen LogP) is 3.87. The molecule has 0 unspecified atom stereocenters. The van der Waals surface area contributed by atoms with E-state index in [0.29, 0.717) is 12.3 Å². The fraction of sp³-hybridized carbons (Fsp3) is 0.280. The second kappa shape index (κ2) is 8.86. The van der Waals surface area contributed by atoms with Gasteiger partial charge >= 0.3 is 0 Å². The van der Waals surface area contributed by atoms with Gasteiger partial charge in [-0.05, 0) is 24.5 Å². The summed E-state index contributed by atoms with van der Waals surface area (Å²) < 4.78 is 3.74. The SMILES string of the molecule is Cc1ccc(-c2nn(C)cc2-c2nnc(SCC(=O)N3CCc4ccccc4C3)n2C)cc1. The van der Waals surface area contributed by atoms with Crippen molar-refractivity contribution in [1.82, 2.24) is 29.4 Å². The van der Waals surface area contributed by atoms with Gasteiger partial charge < -0.3 is 9.47 Å². The van der Waals surface area contributed by atoms with Crippen LogP contribution in [0, 0.1) is 6.92 Å². The van der Waals surface area contributed by atoms with Gasteiger partial charge in [0.05, 0.1) is 11.3 Å². The number of amides is 1. The van der Waals surface area contributed by atoms with Crippen molar-refractivity contribution >= 4 is 17.7 Å². The summed E-state index contributed by atoms with van der Waals surface area (Å²) in [5, 5.41) is 14.2. The highest BCUT2D eigenvalue weighted by Crippen LogP contribution is 2.31. The molecule has 1 amide bonds. The maximum absolute atomic E-state index is 12.9. The minimum atomic E-state index is 0.126. The number of aryl methyl sites for hydroxylation is 2. The number of hydrogen-bond donors (Lipinski definition) is 0. The van der Waals surface area contributed by atoms with Crippen LogP contribution >= 0.6 is 11.8 Å². The monoisotopic (exact) mass is 458 g/mol. The molecule has 0 atom stereocenters. The summed E-state index contributed by atoms with van der Waals surface area (Å²) in [7, 11) is 3.84. The zero-order chi connectivity index (χ0) is 22.9. The summed E-state index contributed by atoms with van der Waals surface area (Å²) in [6.07, 6.45) is 2.87. The number of hydrogen-bond acceptors (Lipinski definition) is 5. The Kier molecular flexibility index (Phi) is 5.76. The van der Waals surface area contributed by atoms with Crippen molar-refractivity contribution in [2.75, 3.05) is 12.3 Å². The Morgan fingerprint density at radius 1 is 1.03 bits per heavy atom. The van der Waals surface area contributed by atoms with E-state index in [9.17, 15) is 4.79 Å². The summed E-state index contributed by atoms with van der Waals surface area (Å²) in [4.78, 5) is 14.8. The zero-order valence-electron chi connectivity index (χ0n) is 19.0. The van der Waals surface area contributed by atoms with Crippen LogP contribution in [0.5, 0.6) is 0 Å². The summed E-state index contributed by atoms with van der Waals surface area (Å²) in [6.45, 7) is 3.50.